The van der Waals surface area contributed by atoms with Crippen LogP contribution in [0.25, 0.3) is 0 Å². The van der Waals surface area contributed by atoms with Gasteiger partial charge in [-0.25, -0.2) is 4.79 Å². The smallest absolute Gasteiger partial charge is 0.410 e. The van der Waals surface area contributed by atoms with Crippen molar-refractivity contribution in [1.29, 1.82) is 0 Å². The third kappa shape index (κ3) is 4.23. The summed E-state index contributed by atoms with van der Waals surface area (Å²) in [7, 11) is 0. The Balaban J connectivity index is 1.66. The summed E-state index contributed by atoms with van der Waals surface area (Å²) in [6, 6.07) is 16.4. The van der Waals surface area contributed by atoms with Gasteiger partial charge >= 0.3 is 6.09 Å². The number of hydrogen-bond acceptors (Lipinski definition) is 3. The zero-order chi connectivity index (χ0) is 18.5. The highest BCUT2D eigenvalue weighted by atomic mass is 16.6. The third-order valence-corrected chi connectivity index (χ3v) is 4.60. The Morgan fingerprint density at radius 1 is 1.00 bits per heavy atom. The molecule has 0 bridgehead atoms. The molecular weight excluding hydrogens is 328 g/mol. The Labute approximate surface area is 154 Å². The van der Waals surface area contributed by atoms with Crippen molar-refractivity contribution in [2.75, 3.05) is 6.54 Å². The van der Waals surface area contributed by atoms with Gasteiger partial charge < -0.3 is 15.0 Å². The van der Waals surface area contributed by atoms with Gasteiger partial charge in [0.15, 0.2) is 0 Å². The van der Waals surface area contributed by atoms with Gasteiger partial charge in [-0.3, -0.25) is 4.79 Å². The molecule has 3 rings (SSSR count). The van der Waals surface area contributed by atoms with Crippen LogP contribution >= 0.6 is 0 Å². The van der Waals surface area contributed by atoms with Gasteiger partial charge in [0.2, 0.25) is 5.91 Å². The molecule has 136 valence electrons. The first-order valence-corrected chi connectivity index (χ1v) is 8.93. The Morgan fingerprint density at radius 2 is 1.65 bits per heavy atom. The summed E-state index contributed by atoms with van der Waals surface area (Å²) in [5.41, 5.74) is 2.45. The fourth-order valence-electron chi connectivity index (χ4n) is 3.15. The van der Waals surface area contributed by atoms with Gasteiger partial charge in [-0.05, 0) is 35.6 Å². The molecule has 1 atom stereocenters. The number of carbonyl (C=O) groups excluding carboxylic acids is 2. The molecule has 0 spiro atoms. The van der Waals surface area contributed by atoms with E-state index in [0.717, 1.165) is 6.42 Å². The number of para-hydroxylation sites is 1. The number of amides is 2. The van der Waals surface area contributed by atoms with E-state index in [4.69, 9.17) is 4.74 Å². The molecule has 5 heteroatoms. The zero-order valence-electron chi connectivity index (χ0n) is 15.1. The highest BCUT2D eigenvalue weighted by molar-refractivity contribution is 5.86. The Hall–Kier alpha value is -2.82. The van der Waals surface area contributed by atoms with E-state index in [2.05, 4.69) is 17.4 Å². The first kappa shape index (κ1) is 18.0. The van der Waals surface area contributed by atoms with Gasteiger partial charge in [0.1, 0.15) is 11.8 Å². The van der Waals surface area contributed by atoms with Crippen molar-refractivity contribution in [2.45, 2.75) is 32.9 Å². The summed E-state index contributed by atoms with van der Waals surface area (Å²) in [5, 5.41) is 2.73. The highest BCUT2D eigenvalue weighted by Crippen LogP contribution is 2.20. The van der Waals surface area contributed by atoms with Gasteiger partial charge in [-0.15, -0.1) is 0 Å². The van der Waals surface area contributed by atoms with Crippen LogP contribution in [0.5, 0.6) is 5.75 Å². The van der Waals surface area contributed by atoms with E-state index in [-0.39, 0.29) is 11.8 Å². The van der Waals surface area contributed by atoms with E-state index < -0.39 is 12.1 Å². The second kappa shape index (κ2) is 8.04. The average molecular weight is 352 g/mol. The highest BCUT2D eigenvalue weighted by Gasteiger charge is 2.31. The lowest BCUT2D eigenvalue weighted by molar-refractivity contribution is -0.135. The monoisotopic (exact) mass is 352 g/mol. The fraction of sp³-hybridized carbons (Fsp3) is 0.333. The van der Waals surface area contributed by atoms with Gasteiger partial charge in [-0.2, -0.15) is 0 Å². The molecule has 0 saturated heterocycles. The van der Waals surface area contributed by atoms with Crippen LogP contribution in [0.1, 0.15) is 25.0 Å². The Morgan fingerprint density at radius 3 is 2.35 bits per heavy atom. The maximum Gasteiger partial charge on any atom is 0.413 e. The summed E-state index contributed by atoms with van der Waals surface area (Å²) < 4.78 is 5.27. The second-order valence-electron chi connectivity index (χ2n) is 6.85. The summed E-state index contributed by atoms with van der Waals surface area (Å²) in [4.78, 5) is 27.0. The molecule has 2 aromatic carbocycles. The number of nitrogens with zero attached hydrogens (tertiary/aromatic N) is 1. The van der Waals surface area contributed by atoms with Crippen molar-refractivity contribution < 1.29 is 14.3 Å². The molecule has 0 aliphatic carbocycles. The molecule has 2 amide bonds. The van der Waals surface area contributed by atoms with Crippen molar-refractivity contribution in [3.63, 3.8) is 0 Å². The molecule has 2 aromatic rings. The lowest BCUT2D eigenvalue weighted by Crippen LogP contribution is -2.52. The number of ether oxygens (including phenoxy) is 1. The molecule has 0 saturated carbocycles. The Kier molecular flexibility index (Phi) is 5.56. The molecule has 0 fully saturated rings. The lowest BCUT2D eigenvalue weighted by atomic mass is 9.97. The number of benzene rings is 2. The lowest BCUT2D eigenvalue weighted by Gasteiger charge is -2.33. The molecule has 1 N–H and O–H groups in total. The average Bonchev–Trinajstić information content (AvgIpc) is 2.65. The maximum atomic E-state index is 13.0. The van der Waals surface area contributed by atoms with E-state index >= 15 is 0 Å². The van der Waals surface area contributed by atoms with Crippen LogP contribution in [0.15, 0.2) is 54.6 Å². The molecule has 1 heterocycles. The van der Waals surface area contributed by atoms with Gasteiger partial charge in [0.25, 0.3) is 0 Å². The fourth-order valence-corrected chi connectivity index (χ4v) is 3.15. The molecule has 0 aromatic heterocycles. The largest absolute Gasteiger partial charge is 0.413 e. The third-order valence-electron chi connectivity index (χ3n) is 4.60. The topological polar surface area (TPSA) is 58.6 Å². The number of hydrogen-bond donors (Lipinski definition) is 1. The van der Waals surface area contributed by atoms with Gasteiger partial charge in [-0.1, -0.05) is 56.3 Å². The SMILES string of the molecule is CC(C)[C@@H](NC(=O)Oc1ccccc1)C(=O)N1CCc2ccccc2C1. The molecule has 26 heavy (non-hydrogen) atoms. The minimum absolute atomic E-state index is 0.0389. The van der Waals surface area contributed by atoms with Crippen LogP contribution in [0.3, 0.4) is 0 Å². The van der Waals surface area contributed by atoms with Crippen LogP contribution in [-0.2, 0) is 17.8 Å². The van der Waals surface area contributed by atoms with Crippen LogP contribution in [0.2, 0.25) is 0 Å². The number of nitrogens with one attached hydrogen (secondary N) is 1. The first-order valence-electron chi connectivity index (χ1n) is 8.93. The predicted octanol–water partition coefficient (Wildman–Crippen LogP) is 3.38. The second-order valence-corrected chi connectivity index (χ2v) is 6.85. The van der Waals surface area contributed by atoms with E-state index in [1.54, 1.807) is 24.3 Å². The van der Waals surface area contributed by atoms with Gasteiger partial charge in [0, 0.05) is 13.1 Å². The van der Waals surface area contributed by atoms with Crippen molar-refractivity contribution in [2.24, 2.45) is 5.92 Å². The van der Waals surface area contributed by atoms with Crippen LogP contribution in [0, 0.1) is 5.92 Å². The molecule has 0 radical (unpaired) electrons. The van der Waals surface area contributed by atoms with Crippen LogP contribution < -0.4 is 10.1 Å². The molecule has 1 aliphatic heterocycles. The molecule has 1 aliphatic rings. The number of fused-ring (bicyclic) bond motifs is 1. The Bertz CT molecular complexity index is 774. The van der Waals surface area contributed by atoms with Crippen molar-refractivity contribution in [3.8, 4) is 5.75 Å². The van der Waals surface area contributed by atoms with E-state index in [1.807, 2.05) is 36.9 Å². The van der Waals surface area contributed by atoms with E-state index in [1.165, 1.54) is 11.1 Å². The van der Waals surface area contributed by atoms with E-state index in [9.17, 15) is 9.59 Å². The molecular formula is C21H24N2O3. The summed E-state index contributed by atoms with van der Waals surface area (Å²) in [6.45, 7) is 5.08. The van der Waals surface area contributed by atoms with Crippen LogP contribution in [-0.4, -0.2) is 29.5 Å². The molecule has 0 unspecified atom stereocenters. The normalized spacial score (nSPS) is 14.5. The van der Waals surface area contributed by atoms with Gasteiger partial charge in [0.05, 0.1) is 0 Å². The first-order chi connectivity index (χ1) is 12.5. The van der Waals surface area contributed by atoms with Crippen molar-refractivity contribution in [3.05, 3.63) is 65.7 Å². The number of rotatable bonds is 4. The maximum absolute atomic E-state index is 13.0. The summed E-state index contributed by atoms with van der Waals surface area (Å²) in [5.74, 6) is 0.342. The molecule has 5 nitrogen and oxygen atoms in total. The summed E-state index contributed by atoms with van der Waals surface area (Å²) >= 11 is 0. The quantitative estimate of drug-likeness (QED) is 0.918. The van der Waals surface area contributed by atoms with E-state index in [0.29, 0.717) is 18.8 Å². The minimum atomic E-state index is -0.614. The van der Waals surface area contributed by atoms with Crippen molar-refractivity contribution >= 4 is 12.0 Å². The summed E-state index contributed by atoms with van der Waals surface area (Å²) in [6.07, 6.45) is 0.224. The minimum Gasteiger partial charge on any atom is -0.410 e. The number of carbonyl (C=O) groups is 2. The standard InChI is InChI=1S/C21H24N2O3/c1-15(2)19(22-21(25)26-18-10-4-3-5-11-18)20(24)23-13-12-16-8-6-7-9-17(16)14-23/h3-11,15,19H,12-14H2,1-2H3,(H,22,25)/t19-/m1/s1. The van der Waals surface area contributed by atoms with Crippen molar-refractivity contribution in [1.82, 2.24) is 10.2 Å². The zero-order valence-corrected chi connectivity index (χ0v) is 15.1. The predicted molar refractivity (Wildman–Crippen MR) is 99.8 cm³/mol. The van der Waals surface area contributed by atoms with Crippen LogP contribution in [0.4, 0.5) is 4.79 Å².